The van der Waals surface area contributed by atoms with Crippen LogP contribution in [0.15, 0.2) is 41.8 Å². The minimum Gasteiger partial charge on any atom is -0.319 e. The molecule has 0 spiro atoms. The maximum absolute atomic E-state index is 13.0. The second-order valence-corrected chi connectivity index (χ2v) is 7.83. The highest BCUT2D eigenvalue weighted by molar-refractivity contribution is 7.10. The summed E-state index contributed by atoms with van der Waals surface area (Å²) in [5.74, 6) is -0.188. The van der Waals surface area contributed by atoms with Crippen LogP contribution in [0.1, 0.15) is 35.9 Å². The van der Waals surface area contributed by atoms with Crippen LogP contribution in [0.25, 0.3) is 0 Å². The van der Waals surface area contributed by atoms with E-state index in [1.165, 1.54) is 15.3 Å². The normalized spacial score (nSPS) is 26.6. The molecule has 1 N–H and O–H groups in total. The van der Waals surface area contributed by atoms with Crippen LogP contribution in [0.5, 0.6) is 0 Å². The standard InChI is InChI=1S/C19H21N3O2S/c1-13-15-9-11-25-16(15)8-10-21(13)12-22-17(23)19(2,20-18(22)24)14-6-4-3-5-7-14/h3-7,9,11,13H,8,10,12H2,1-2H3,(H,20,24)/t13-,19-/m1/s1. The van der Waals surface area contributed by atoms with Crippen LogP contribution in [0.3, 0.4) is 0 Å². The third kappa shape index (κ3) is 2.56. The fourth-order valence-corrected chi connectivity index (χ4v) is 4.69. The average molecular weight is 355 g/mol. The number of hydrogen-bond acceptors (Lipinski definition) is 4. The van der Waals surface area contributed by atoms with E-state index in [1.807, 2.05) is 30.3 Å². The van der Waals surface area contributed by atoms with Crippen molar-refractivity contribution in [3.05, 3.63) is 57.8 Å². The number of nitrogens with one attached hydrogen (secondary N) is 1. The first-order valence-corrected chi connectivity index (χ1v) is 9.38. The predicted octanol–water partition coefficient (Wildman–Crippen LogP) is 3.09. The highest BCUT2D eigenvalue weighted by Crippen LogP contribution is 2.34. The van der Waals surface area contributed by atoms with Crippen LogP contribution in [0.2, 0.25) is 0 Å². The van der Waals surface area contributed by atoms with Gasteiger partial charge < -0.3 is 5.32 Å². The van der Waals surface area contributed by atoms with Gasteiger partial charge in [0.25, 0.3) is 5.91 Å². The number of carbonyl (C=O) groups excluding carboxylic acids is 2. The van der Waals surface area contributed by atoms with Crippen LogP contribution >= 0.6 is 11.3 Å². The molecule has 0 radical (unpaired) electrons. The van der Waals surface area contributed by atoms with Gasteiger partial charge in [-0.05, 0) is 42.8 Å². The van der Waals surface area contributed by atoms with E-state index >= 15 is 0 Å². The lowest BCUT2D eigenvalue weighted by atomic mass is 9.92. The van der Waals surface area contributed by atoms with E-state index in [0.29, 0.717) is 6.67 Å². The summed E-state index contributed by atoms with van der Waals surface area (Å²) in [7, 11) is 0. The van der Waals surface area contributed by atoms with E-state index in [2.05, 4.69) is 28.6 Å². The molecule has 1 aromatic carbocycles. The van der Waals surface area contributed by atoms with Gasteiger partial charge in [-0.2, -0.15) is 0 Å². The van der Waals surface area contributed by atoms with Crippen molar-refractivity contribution in [1.82, 2.24) is 15.1 Å². The zero-order chi connectivity index (χ0) is 17.6. The molecule has 0 aliphatic carbocycles. The van der Waals surface area contributed by atoms with Crippen molar-refractivity contribution in [1.29, 1.82) is 0 Å². The summed E-state index contributed by atoms with van der Waals surface area (Å²) >= 11 is 1.79. The predicted molar refractivity (Wildman–Crippen MR) is 97.2 cm³/mol. The monoisotopic (exact) mass is 355 g/mol. The van der Waals surface area contributed by atoms with Gasteiger partial charge in [-0.15, -0.1) is 11.3 Å². The van der Waals surface area contributed by atoms with Crippen molar-refractivity contribution < 1.29 is 9.59 Å². The van der Waals surface area contributed by atoms with Gasteiger partial charge in [0.2, 0.25) is 0 Å². The van der Waals surface area contributed by atoms with Crippen molar-refractivity contribution in [3.63, 3.8) is 0 Å². The molecule has 1 fully saturated rings. The quantitative estimate of drug-likeness (QED) is 0.861. The molecule has 2 aliphatic heterocycles. The minimum atomic E-state index is -0.995. The lowest BCUT2D eigenvalue weighted by molar-refractivity contribution is -0.132. The number of hydrogen-bond donors (Lipinski definition) is 1. The molecule has 2 atom stereocenters. The lowest BCUT2D eigenvalue weighted by Gasteiger charge is -2.35. The third-order valence-corrected chi connectivity index (χ3v) is 6.35. The maximum atomic E-state index is 13.0. The Morgan fingerprint density at radius 1 is 1.24 bits per heavy atom. The molecule has 5 nitrogen and oxygen atoms in total. The average Bonchev–Trinajstić information content (AvgIpc) is 3.18. The Hall–Kier alpha value is -2.18. The molecule has 25 heavy (non-hydrogen) atoms. The molecule has 3 amide bonds. The summed E-state index contributed by atoms with van der Waals surface area (Å²) in [4.78, 5) is 30.5. The van der Waals surface area contributed by atoms with Gasteiger partial charge in [0.15, 0.2) is 0 Å². The van der Waals surface area contributed by atoms with E-state index in [9.17, 15) is 9.59 Å². The number of carbonyl (C=O) groups is 2. The highest BCUT2D eigenvalue weighted by atomic mass is 32.1. The molecule has 2 aromatic rings. The van der Waals surface area contributed by atoms with Gasteiger partial charge in [-0.3, -0.25) is 9.69 Å². The number of urea groups is 1. The third-order valence-electron chi connectivity index (χ3n) is 5.35. The Labute approximate surface area is 151 Å². The Kier molecular flexibility index (Phi) is 3.89. The topological polar surface area (TPSA) is 52.6 Å². The molecule has 4 rings (SSSR count). The molecule has 130 valence electrons. The second-order valence-electron chi connectivity index (χ2n) is 6.83. The minimum absolute atomic E-state index is 0.188. The van der Waals surface area contributed by atoms with Crippen LogP contribution < -0.4 is 5.32 Å². The molecule has 0 unspecified atom stereocenters. The highest BCUT2D eigenvalue weighted by Gasteiger charge is 2.49. The Morgan fingerprint density at radius 2 is 2.00 bits per heavy atom. The first-order valence-electron chi connectivity index (χ1n) is 8.50. The molecule has 0 bridgehead atoms. The molecule has 2 aliphatic rings. The van der Waals surface area contributed by atoms with Crippen molar-refractivity contribution in [2.24, 2.45) is 0 Å². The Balaban J connectivity index is 1.56. The van der Waals surface area contributed by atoms with E-state index in [-0.39, 0.29) is 18.0 Å². The summed E-state index contributed by atoms with van der Waals surface area (Å²) in [6.45, 7) is 5.09. The lowest BCUT2D eigenvalue weighted by Crippen LogP contribution is -2.46. The molecular weight excluding hydrogens is 334 g/mol. The first kappa shape index (κ1) is 16.3. The van der Waals surface area contributed by atoms with Gasteiger partial charge in [0, 0.05) is 17.5 Å². The van der Waals surface area contributed by atoms with E-state index in [0.717, 1.165) is 18.5 Å². The van der Waals surface area contributed by atoms with Crippen molar-refractivity contribution >= 4 is 23.3 Å². The van der Waals surface area contributed by atoms with Gasteiger partial charge in [0.05, 0.1) is 6.67 Å². The van der Waals surface area contributed by atoms with E-state index in [1.54, 1.807) is 18.3 Å². The van der Waals surface area contributed by atoms with Gasteiger partial charge >= 0.3 is 6.03 Å². The van der Waals surface area contributed by atoms with Crippen molar-refractivity contribution in [2.75, 3.05) is 13.2 Å². The summed E-state index contributed by atoms with van der Waals surface area (Å²) in [5, 5.41) is 4.99. The Bertz CT molecular complexity index is 819. The summed E-state index contributed by atoms with van der Waals surface area (Å²) < 4.78 is 0. The van der Waals surface area contributed by atoms with Crippen LogP contribution in [-0.4, -0.2) is 35.0 Å². The van der Waals surface area contributed by atoms with Crippen LogP contribution in [-0.2, 0) is 16.8 Å². The smallest absolute Gasteiger partial charge is 0.319 e. The zero-order valence-corrected chi connectivity index (χ0v) is 15.2. The van der Waals surface area contributed by atoms with E-state index < -0.39 is 5.54 Å². The largest absolute Gasteiger partial charge is 0.326 e. The van der Waals surface area contributed by atoms with Gasteiger partial charge in [-0.1, -0.05) is 30.3 Å². The summed E-state index contributed by atoms with van der Waals surface area (Å²) in [6.07, 6.45) is 0.969. The Morgan fingerprint density at radius 3 is 2.76 bits per heavy atom. The van der Waals surface area contributed by atoms with Crippen molar-refractivity contribution in [2.45, 2.75) is 31.8 Å². The number of benzene rings is 1. The number of thiophene rings is 1. The van der Waals surface area contributed by atoms with Crippen LogP contribution in [0, 0.1) is 0 Å². The SMILES string of the molecule is C[C@@H]1c2ccsc2CCN1CN1C(=O)N[C@](C)(c2ccccc2)C1=O. The fourth-order valence-electron chi connectivity index (χ4n) is 3.73. The number of rotatable bonds is 3. The number of imide groups is 1. The van der Waals surface area contributed by atoms with Crippen molar-refractivity contribution in [3.8, 4) is 0 Å². The number of amides is 3. The number of nitrogens with zero attached hydrogens (tertiary/aromatic N) is 2. The molecule has 1 saturated heterocycles. The maximum Gasteiger partial charge on any atom is 0.326 e. The fraction of sp³-hybridized carbons (Fsp3) is 0.368. The van der Waals surface area contributed by atoms with E-state index in [4.69, 9.17) is 0 Å². The number of fused-ring (bicyclic) bond motifs is 1. The molecular formula is C19H21N3O2S. The molecule has 0 saturated carbocycles. The first-order chi connectivity index (χ1) is 12.0. The zero-order valence-electron chi connectivity index (χ0n) is 14.4. The van der Waals surface area contributed by atoms with Crippen LogP contribution in [0.4, 0.5) is 4.79 Å². The molecule has 6 heteroatoms. The molecule has 1 aromatic heterocycles. The second kappa shape index (κ2) is 5.97. The van der Waals surface area contributed by atoms with Gasteiger partial charge in [-0.25, -0.2) is 9.69 Å². The summed E-state index contributed by atoms with van der Waals surface area (Å²) in [6, 6.07) is 11.5. The van der Waals surface area contributed by atoms with Gasteiger partial charge in [0.1, 0.15) is 5.54 Å². The molecule has 3 heterocycles. The summed E-state index contributed by atoms with van der Waals surface area (Å²) in [5.41, 5.74) is 1.13.